The fourth-order valence-corrected chi connectivity index (χ4v) is 1.95. The molecule has 0 amide bonds. The number of methoxy groups -OCH3 is 2. The molecule has 0 aromatic heterocycles. The molecule has 96 valence electrons. The summed E-state index contributed by atoms with van der Waals surface area (Å²) < 4.78 is 10.7. The van der Waals surface area contributed by atoms with Crippen molar-refractivity contribution in [2.75, 3.05) is 14.2 Å². The Morgan fingerprint density at radius 3 is 2.47 bits per heavy atom. The summed E-state index contributed by atoms with van der Waals surface area (Å²) in [5, 5.41) is 0. The van der Waals surface area contributed by atoms with Crippen LogP contribution in [0.2, 0.25) is 0 Å². The van der Waals surface area contributed by atoms with Gasteiger partial charge < -0.3 is 9.47 Å². The number of benzene rings is 1. The van der Waals surface area contributed by atoms with Gasteiger partial charge in [0, 0.05) is 5.56 Å². The first-order chi connectivity index (χ1) is 8.19. The first-order valence-corrected chi connectivity index (χ1v) is 5.86. The SMILES string of the molecule is CCC(C)C(NN)c1cccc(OC)c1OC. The van der Waals surface area contributed by atoms with Gasteiger partial charge in [-0.2, -0.15) is 0 Å². The molecule has 1 aromatic rings. The summed E-state index contributed by atoms with van der Waals surface area (Å²) in [6, 6.07) is 5.90. The third-order valence-corrected chi connectivity index (χ3v) is 3.16. The lowest BCUT2D eigenvalue weighted by atomic mass is 9.92. The third-order valence-electron chi connectivity index (χ3n) is 3.16. The quantitative estimate of drug-likeness (QED) is 0.589. The fraction of sp³-hybridized carbons (Fsp3) is 0.538. The highest BCUT2D eigenvalue weighted by atomic mass is 16.5. The fourth-order valence-electron chi connectivity index (χ4n) is 1.95. The number of hydrogen-bond acceptors (Lipinski definition) is 4. The molecule has 0 bridgehead atoms. The van der Waals surface area contributed by atoms with E-state index in [0.29, 0.717) is 5.92 Å². The summed E-state index contributed by atoms with van der Waals surface area (Å²) in [6.07, 6.45) is 1.04. The predicted molar refractivity (Wildman–Crippen MR) is 69.1 cm³/mol. The van der Waals surface area contributed by atoms with Gasteiger partial charge in [-0.15, -0.1) is 0 Å². The maximum absolute atomic E-state index is 5.65. The zero-order valence-electron chi connectivity index (χ0n) is 11.0. The minimum atomic E-state index is 0.0602. The highest BCUT2D eigenvalue weighted by Crippen LogP contribution is 2.37. The molecule has 4 nitrogen and oxygen atoms in total. The maximum atomic E-state index is 5.65. The van der Waals surface area contributed by atoms with Gasteiger partial charge in [-0.1, -0.05) is 32.4 Å². The Labute approximate surface area is 103 Å². The Balaban J connectivity index is 3.18. The second-order valence-electron chi connectivity index (χ2n) is 4.11. The molecule has 0 fully saturated rings. The number of para-hydroxylation sites is 1. The Hall–Kier alpha value is -1.26. The molecule has 0 heterocycles. The van der Waals surface area contributed by atoms with Crippen LogP contribution in [0.5, 0.6) is 11.5 Å². The van der Waals surface area contributed by atoms with Crippen molar-refractivity contribution in [1.29, 1.82) is 0 Å². The molecule has 0 aliphatic carbocycles. The van der Waals surface area contributed by atoms with Crippen molar-refractivity contribution in [1.82, 2.24) is 5.43 Å². The summed E-state index contributed by atoms with van der Waals surface area (Å²) >= 11 is 0. The minimum absolute atomic E-state index is 0.0602. The van der Waals surface area contributed by atoms with Gasteiger partial charge in [0.1, 0.15) is 0 Å². The maximum Gasteiger partial charge on any atom is 0.165 e. The summed E-state index contributed by atoms with van der Waals surface area (Å²) in [6.45, 7) is 4.30. The van der Waals surface area contributed by atoms with E-state index in [1.165, 1.54) is 0 Å². The number of nitrogens with one attached hydrogen (secondary N) is 1. The first-order valence-electron chi connectivity index (χ1n) is 5.86. The van der Waals surface area contributed by atoms with Crippen molar-refractivity contribution in [3.05, 3.63) is 23.8 Å². The van der Waals surface area contributed by atoms with Crippen LogP contribution in [0.25, 0.3) is 0 Å². The van der Waals surface area contributed by atoms with Crippen LogP contribution in [0.1, 0.15) is 31.9 Å². The number of nitrogens with two attached hydrogens (primary N) is 1. The van der Waals surface area contributed by atoms with Gasteiger partial charge in [-0.05, 0) is 12.0 Å². The monoisotopic (exact) mass is 238 g/mol. The van der Waals surface area contributed by atoms with Gasteiger partial charge >= 0.3 is 0 Å². The highest BCUT2D eigenvalue weighted by Gasteiger charge is 2.22. The molecule has 0 aliphatic rings. The average molecular weight is 238 g/mol. The molecular formula is C13H22N2O2. The minimum Gasteiger partial charge on any atom is -0.493 e. The van der Waals surface area contributed by atoms with E-state index in [4.69, 9.17) is 15.3 Å². The molecule has 2 atom stereocenters. The summed E-state index contributed by atoms with van der Waals surface area (Å²) in [5.41, 5.74) is 3.89. The van der Waals surface area contributed by atoms with Gasteiger partial charge in [0.2, 0.25) is 0 Å². The van der Waals surface area contributed by atoms with Crippen LogP contribution in [0, 0.1) is 5.92 Å². The largest absolute Gasteiger partial charge is 0.493 e. The summed E-state index contributed by atoms with van der Waals surface area (Å²) in [5.74, 6) is 7.55. The van der Waals surface area contributed by atoms with Crippen LogP contribution in [-0.2, 0) is 0 Å². The van der Waals surface area contributed by atoms with Gasteiger partial charge in [-0.3, -0.25) is 11.3 Å². The third kappa shape index (κ3) is 2.90. The highest BCUT2D eigenvalue weighted by molar-refractivity contribution is 5.48. The van der Waals surface area contributed by atoms with Crippen LogP contribution in [0.4, 0.5) is 0 Å². The van der Waals surface area contributed by atoms with E-state index in [9.17, 15) is 0 Å². The lowest BCUT2D eigenvalue weighted by molar-refractivity contribution is 0.329. The molecule has 0 radical (unpaired) electrons. The van der Waals surface area contributed by atoms with Crippen LogP contribution in [0.3, 0.4) is 0 Å². The zero-order valence-corrected chi connectivity index (χ0v) is 11.0. The van der Waals surface area contributed by atoms with Crippen molar-refractivity contribution in [2.45, 2.75) is 26.3 Å². The van der Waals surface area contributed by atoms with Crippen LogP contribution in [0.15, 0.2) is 18.2 Å². The van der Waals surface area contributed by atoms with Crippen LogP contribution < -0.4 is 20.7 Å². The molecule has 0 aliphatic heterocycles. The molecule has 0 spiro atoms. The summed E-state index contributed by atoms with van der Waals surface area (Å²) in [4.78, 5) is 0. The van der Waals surface area contributed by atoms with Crippen molar-refractivity contribution in [2.24, 2.45) is 11.8 Å². The Morgan fingerprint density at radius 1 is 1.29 bits per heavy atom. The predicted octanol–water partition coefficient (Wildman–Crippen LogP) is 2.25. The number of hydrogen-bond donors (Lipinski definition) is 2. The molecule has 1 rings (SSSR count). The van der Waals surface area contributed by atoms with Crippen LogP contribution >= 0.6 is 0 Å². The topological polar surface area (TPSA) is 56.5 Å². The molecule has 4 heteroatoms. The molecule has 2 unspecified atom stereocenters. The van der Waals surface area contributed by atoms with E-state index < -0.39 is 0 Å². The van der Waals surface area contributed by atoms with Gasteiger partial charge in [-0.25, -0.2) is 0 Å². The number of hydrazine groups is 1. The second kappa shape index (κ2) is 6.47. The van der Waals surface area contributed by atoms with E-state index in [0.717, 1.165) is 23.5 Å². The molecular weight excluding hydrogens is 216 g/mol. The number of rotatable bonds is 6. The van der Waals surface area contributed by atoms with Crippen molar-refractivity contribution < 1.29 is 9.47 Å². The average Bonchev–Trinajstić information content (AvgIpc) is 2.38. The Bertz CT molecular complexity index is 355. The van der Waals surface area contributed by atoms with Crippen molar-refractivity contribution in [3.8, 4) is 11.5 Å². The van der Waals surface area contributed by atoms with Gasteiger partial charge in [0.15, 0.2) is 11.5 Å². The Morgan fingerprint density at radius 2 is 2.00 bits per heavy atom. The smallest absolute Gasteiger partial charge is 0.165 e. The molecule has 3 N–H and O–H groups in total. The lowest BCUT2D eigenvalue weighted by Crippen LogP contribution is -2.32. The van der Waals surface area contributed by atoms with Gasteiger partial charge in [0.05, 0.1) is 20.3 Å². The van der Waals surface area contributed by atoms with E-state index >= 15 is 0 Å². The molecule has 1 aromatic carbocycles. The van der Waals surface area contributed by atoms with E-state index in [1.807, 2.05) is 18.2 Å². The summed E-state index contributed by atoms with van der Waals surface area (Å²) in [7, 11) is 3.28. The zero-order chi connectivity index (χ0) is 12.8. The van der Waals surface area contributed by atoms with Gasteiger partial charge in [0.25, 0.3) is 0 Å². The molecule has 17 heavy (non-hydrogen) atoms. The van der Waals surface area contributed by atoms with Crippen molar-refractivity contribution in [3.63, 3.8) is 0 Å². The second-order valence-corrected chi connectivity index (χ2v) is 4.11. The van der Waals surface area contributed by atoms with E-state index in [-0.39, 0.29) is 6.04 Å². The first kappa shape index (κ1) is 13.8. The molecule has 0 saturated carbocycles. The lowest BCUT2D eigenvalue weighted by Gasteiger charge is -2.25. The van der Waals surface area contributed by atoms with Crippen molar-refractivity contribution >= 4 is 0 Å². The van der Waals surface area contributed by atoms with E-state index in [1.54, 1.807) is 14.2 Å². The van der Waals surface area contributed by atoms with Crippen LogP contribution in [-0.4, -0.2) is 14.2 Å². The number of ether oxygens (including phenoxy) is 2. The Kier molecular flexibility index (Phi) is 5.25. The normalized spacial score (nSPS) is 14.2. The van der Waals surface area contributed by atoms with E-state index in [2.05, 4.69) is 19.3 Å². The standard InChI is InChI=1S/C13H22N2O2/c1-5-9(2)12(15-14)10-7-6-8-11(16-3)13(10)17-4/h6-9,12,15H,5,14H2,1-4H3. The molecule has 0 saturated heterocycles.